The predicted octanol–water partition coefficient (Wildman–Crippen LogP) is 2.18. The Balaban J connectivity index is 2.72. The van der Waals surface area contributed by atoms with Crippen molar-refractivity contribution in [3.8, 4) is 6.07 Å². The summed E-state index contributed by atoms with van der Waals surface area (Å²) < 4.78 is 5.14. The molecule has 1 unspecified atom stereocenters. The van der Waals surface area contributed by atoms with E-state index in [0.717, 1.165) is 18.5 Å². The van der Waals surface area contributed by atoms with E-state index in [0.29, 0.717) is 12.3 Å². The number of anilines is 1. The lowest BCUT2D eigenvalue weighted by atomic mass is 10.1. The first-order valence-electron chi connectivity index (χ1n) is 5.42. The van der Waals surface area contributed by atoms with Crippen molar-refractivity contribution in [2.75, 3.05) is 19.0 Å². The molecule has 0 bridgehead atoms. The van der Waals surface area contributed by atoms with Gasteiger partial charge in [-0.1, -0.05) is 13.3 Å². The summed E-state index contributed by atoms with van der Waals surface area (Å²) in [5, 5.41) is 12.2. The monoisotopic (exact) mass is 219 g/mol. The fourth-order valence-electron chi connectivity index (χ4n) is 1.58. The second-order valence-electron chi connectivity index (χ2n) is 3.60. The number of nitrogens with one attached hydrogen (secondary N) is 1. The van der Waals surface area contributed by atoms with E-state index in [9.17, 15) is 0 Å². The highest BCUT2D eigenvalue weighted by molar-refractivity contribution is 5.53. The van der Waals surface area contributed by atoms with Crippen molar-refractivity contribution in [1.29, 1.82) is 5.26 Å². The molecule has 0 aromatic carbocycles. The topological polar surface area (TPSA) is 57.9 Å². The van der Waals surface area contributed by atoms with Crippen LogP contribution in [0.25, 0.3) is 0 Å². The molecular formula is C12H17N3O. The van der Waals surface area contributed by atoms with Crippen LogP contribution in [-0.2, 0) is 4.74 Å². The molecule has 1 rings (SSSR count). The maximum atomic E-state index is 8.91. The Morgan fingerprint density at radius 3 is 3.06 bits per heavy atom. The Hall–Kier alpha value is -1.60. The quantitative estimate of drug-likeness (QED) is 0.796. The van der Waals surface area contributed by atoms with Crippen LogP contribution in [0, 0.1) is 11.3 Å². The predicted molar refractivity (Wildman–Crippen MR) is 63.1 cm³/mol. The average molecular weight is 219 g/mol. The van der Waals surface area contributed by atoms with Crippen molar-refractivity contribution in [1.82, 2.24) is 4.98 Å². The Morgan fingerprint density at radius 2 is 2.44 bits per heavy atom. The number of aromatic nitrogens is 1. The SMILES string of the molecule is CCCC(COC)Nc1cccnc1C#N. The van der Waals surface area contributed by atoms with Crippen molar-refractivity contribution in [2.45, 2.75) is 25.8 Å². The van der Waals surface area contributed by atoms with Crippen LogP contribution in [-0.4, -0.2) is 24.7 Å². The van der Waals surface area contributed by atoms with Gasteiger partial charge in [-0.05, 0) is 18.6 Å². The van der Waals surface area contributed by atoms with Gasteiger partial charge < -0.3 is 10.1 Å². The number of nitrogens with zero attached hydrogens (tertiary/aromatic N) is 2. The van der Waals surface area contributed by atoms with E-state index in [1.165, 1.54) is 0 Å². The minimum absolute atomic E-state index is 0.228. The number of rotatable bonds is 6. The van der Waals surface area contributed by atoms with Crippen LogP contribution < -0.4 is 5.32 Å². The highest BCUT2D eigenvalue weighted by Gasteiger charge is 2.09. The zero-order valence-corrected chi connectivity index (χ0v) is 9.73. The molecule has 0 fully saturated rings. The molecule has 0 radical (unpaired) electrons. The van der Waals surface area contributed by atoms with Crippen molar-refractivity contribution >= 4 is 5.69 Å². The van der Waals surface area contributed by atoms with Gasteiger partial charge in [0.2, 0.25) is 0 Å². The molecule has 1 aromatic heterocycles. The normalized spacial score (nSPS) is 11.8. The number of hydrogen-bond acceptors (Lipinski definition) is 4. The number of nitriles is 1. The molecule has 16 heavy (non-hydrogen) atoms. The first-order chi connectivity index (χ1) is 7.81. The fourth-order valence-corrected chi connectivity index (χ4v) is 1.58. The highest BCUT2D eigenvalue weighted by Crippen LogP contribution is 2.14. The lowest BCUT2D eigenvalue weighted by Crippen LogP contribution is -2.25. The second-order valence-corrected chi connectivity index (χ2v) is 3.60. The molecule has 1 aromatic rings. The Kier molecular flexibility index (Phi) is 5.30. The molecule has 0 aliphatic rings. The Morgan fingerprint density at radius 1 is 1.62 bits per heavy atom. The van der Waals surface area contributed by atoms with Crippen LogP contribution in [0.5, 0.6) is 0 Å². The van der Waals surface area contributed by atoms with Gasteiger partial charge in [-0.2, -0.15) is 5.26 Å². The van der Waals surface area contributed by atoms with Crippen LogP contribution in [0.15, 0.2) is 18.3 Å². The maximum absolute atomic E-state index is 8.91. The summed E-state index contributed by atoms with van der Waals surface area (Å²) in [7, 11) is 1.68. The van der Waals surface area contributed by atoms with Gasteiger partial charge in [-0.15, -0.1) is 0 Å². The van der Waals surface area contributed by atoms with E-state index in [2.05, 4.69) is 23.3 Å². The summed E-state index contributed by atoms with van der Waals surface area (Å²) in [5.74, 6) is 0. The lowest BCUT2D eigenvalue weighted by molar-refractivity contribution is 0.182. The zero-order chi connectivity index (χ0) is 11.8. The van der Waals surface area contributed by atoms with Gasteiger partial charge in [-0.25, -0.2) is 4.98 Å². The molecule has 0 spiro atoms. The fraction of sp³-hybridized carbons (Fsp3) is 0.500. The largest absolute Gasteiger partial charge is 0.383 e. The second kappa shape index (κ2) is 6.81. The number of methoxy groups -OCH3 is 1. The van der Waals surface area contributed by atoms with Gasteiger partial charge in [0, 0.05) is 19.3 Å². The van der Waals surface area contributed by atoms with Crippen LogP contribution in [0.1, 0.15) is 25.5 Å². The molecule has 4 nitrogen and oxygen atoms in total. The van der Waals surface area contributed by atoms with Gasteiger partial charge in [0.25, 0.3) is 0 Å². The van der Waals surface area contributed by atoms with Crippen LogP contribution in [0.3, 0.4) is 0 Å². The summed E-state index contributed by atoms with van der Waals surface area (Å²) in [6, 6.07) is 5.98. The first kappa shape index (κ1) is 12.5. The molecule has 1 heterocycles. The van der Waals surface area contributed by atoms with E-state index < -0.39 is 0 Å². The molecule has 1 atom stereocenters. The molecule has 1 N–H and O–H groups in total. The third-order valence-electron chi connectivity index (χ3n) is 2.28. The van der Waals surface area contributed by atoms with Crippen LogP contribution >= 0.6 is 0 Å². The molecule has 86 valence electrons. The summed E-state index contributed by atoms with van der Waals surface area (Å²) in [5.41, 5.74) is 1.21. The average Bonchev–Trinajstić information content (AvgIpc) is 2.30. The van der Waals surface area contributed by atoms with E-state index in [1.54, 1.807) is 13.3 Å². The zero-order valence-electron chi connectivity index (χ0n) is 9.73. The van der Waals surface area contributed by atoms with Crippen molar-refractivity contribution < 1.29 is 4.74 Å². The molecular weight excluding hydrogens is 202 g/mol. The number of pyridine rings is 1. The molecule has 0 amide bonds. The van der Waals surface area contributed by atoms with Crippen molar-refractivity contribution in [3.05, 3.63) is 24.0 Å². The van der Waals surface area contributed by atoms with E-state index in [-0.39, 0.29) is 6.04 Å². The summed E-state index contributed by atoms with van der Waals surface area (Å²) >= 11 is 0. The third kappa shape index (κ3) is 3.52. The number of ether oxygens (including phenoxy) is 1. The molecule has 4 heteroatoms. The van der Waals surface area contributed by atoms with Crippen LogP contribution in [0.2, 0.25) is 0 Å². The molecule has 0 saturated carbocycles. The lowest BCUT2D eigenvalue weighted by Gasteiger charge is -2.18. The summed E-state index contributed by atoms with van der Waals surface area (Å²) in [6.07, 6.45) is 3.70. The van der Waals surface area contributed by atoms with Gasteiger partial charge in [0.15, 0.2) is 5.69 Å². The van der Waals surface area contributed by atoms with Crippen LogP contribution in [0.4, 0.5) is 5.69 Å². The third-order valence-corrected chi connectivity index (χ3v) is 2.28. The Labute approximate surface area is 96.3 Å². The number of hydrogen-bond donors (Lipinski definition) is 1. The Bertz CT molecular complexity index is 354. The van der Waals surface area contributed by atoms with Gasteiger partial charge in [0.05, 0.1) is 12.3 Å². The highest BCUT2D eigenvalue weighted by atomic mass is 16.5. The van der Waals surface area contributed by atoms with E-state index in [4.69, 9.17) is 10.00 Å². The van der Waals surface area contributed by atoms with Gasteiger partial charge in [0.1, 0.15) is 6.07 Å². The van der Waals surface area contributed by atoms with Crippen molar-refractivity contribution in [3.63, 3.8) is 0 Å². The molecule has 0 aliphatic heterocycles. The van der Waals surface area contributed by atoms with E-state index >= 15 is 0 Å². The molecule has 0 aliphatic carbocycles. The standard InChI is InChI=1S/C12H17N3O/c1-3-5-10(9-16-2)15-11-6-4-7-14-12(11)8-13/h4,6-7,10,15H,3,5,9H2,1-2H3. The van der Waals surface area contributed by atoms with Crippen molar-refractivity contribution in [2.24, 2.45) is 0 Å². The van der Waals surface area contributed by atoms with E-state index in [1.807, 2.05) is 12.1 Å². The molecule has 0 saturated heterocycles. The minimum Gasteiger partial charge on any atom is -0.383 e. The maximum Gasteiger partial charge on any atom is 0.163 e. The smallest absolute Gasteiger partial charge is 0.163 e. The van der Waals surface area contributed by atoms with Gasteiger partial charge in [-0.3, -0.25) is 0 Å². The summed E-state index contributed by atoms with van der Waals surface area (Å²) in [4.78, 5) is 4.01. The van der Waals surface area contributed by atoms with Gasteiger partial charge >= 0.3 is 0 Å². The summed E-state index contributed by atoms with van der Waals surface area (Å²) in [6.45, 7) is 2.76. The first-order valence-corrected chi connectivity index (χ1v) is 5.42. The minimum atomic E-state index is 0.228.